The molecule has 1 aliphatic heterocycles. The molecule has 4 nitrogen and oxygen atoms in total. The number of benzene rings is 2. The Labute approximate surface area is 152 Å². The molecule has 134 valence electrons. The Morgan fingerprint density at radius 1 is 1.08 bits per heavy atom. The van der Waals surface area contributed by atoms with Gasteiger partial charge in [-0.1, -0.05) is 12.1 Å². The van der Waals surface area contributed by atoms with Gasteiger partial charge in [-0.2, -0.15) is 0 Å². The quantitative estimate of drug-likeness (QED) is 0.822. The van der Waals surface area contributed by atoms with Gasteiger partial charge in [0.15, 0.2) is 0 Å². The van der Waals surface area contributed by atoms with E-state index in [1.165, 1.54) is 12.1 Å². The molecule has 2 aromatic carbocycles. The van der Waals surface area contributed by atoms with Gasteiger partial charge in [-0.15, -0.1) is 0 Å². The molecule has 2 aromatic rings. The second-order valence-electron chi connectivity index (χ2n) is 6.99. The number of hydrogen-bond donors (Lipinski definition) is 0. The highest BCUT2D eigenvalue weighted by Gasteiger charge is 2.33. The predicted octanol–water partition coefficient (Wildman–Crippen LogP) is 3.76. The van der Waals surface area contributed by atoms with Crippen molar-refractivity contribution < 1.29 is 14.0 Å². The maximum atomic E-state index is 13.1. The van der Waals surface area contributed by atoms with Gasteiger partial charge in [-0.25, -0.2) is 4.39 Å². The highest BCUT2D eigenvalue weighted by Crippen LogP contribution is 2.30. The number of carbonyl (C=O) groups excluding carboxylic acids is 2. The lowest BCUT2D eigenvalue weighted by Gasteiger charge is -2.23. The molecular weight excluding hydrogens is 331 g/mol. The molecule has 0 N–H and O–H groups in total. The summed E-state index contributed by atoms with van der Waals surface area (Å²) in [6.45, 7) is 1.22. The molecule has 0 spiro atoms. The topological polar surface area (TPSA) is 40.6 Å². The molecule has 2 fully saturated rings. The van der Waals surface area contributed by atoms with E-state index in [1.807, 2.05) is 17.0 Å². The molecule has 1 heterocycles. The average Bonchev–Trinajstić information content (AvgIpc) is 3.41. The first-order chi connectivity index (χ1) is 12.6. The monoisotopic (exact) mass is 352 g/mol. The van der Waals surface area contributed by atoms with Gasteiger partial charge in [0, 0.05) is 36.8 Å². The van der Waals surface area contributed by atoms with Crippen LogP contribution in [0, 0.1) is 5.82 Å². The van der Waals surface area contributed by atoms with Gasteiger partial charge in [0.2, 0.25) is 5.91 Å². The molecule has 0 radical (unpaired) electrons. The Morgan fingerprint density at radius 3 is 2.35 bits per heavy atom. The van der Waals surface area contributed by atoms with E-state index in [2.05, 4.69) is 0 Å². The fourth-order valence-corrected chi connectivity index (χ4v) is 3.41. The number of halogens is 1. The summed E-state index contributed by atoms with van der Waals surface area (Å²) >= 11 is 0. The average molecular weight is 352 g/mol. The molecule has 1 saturated heterocycles. The summed E-state index contributed by atoms with van der Waals surface area (Å²) in [5.41, 5.74) is 2.39. The van der Waals surface area contributed by atoms with Gasteiger partial charge >= 0.3 is 0 Å². The maximum absolute atomic E-state index is 13.1. The zero-order valence-corrected chi connectivity index (χ0v) is 14.5. The molecule has 5 heteroatoms. The van der Waals surface area contributed by atoms with Crippen LogP contribution in [0.4, 0.5) is 10.1 Å². The number of amides is 2. The van der Waals surface area contributed by atoms with Crippen LogP contribution >= 0.6 is 0 Å². The van der Waals surface area contributed by atoms with Gasteiger partial charge in [0.1, 0.15) is 5.82 Å². The van der Waals surface area contributed by atoms with E-state index in [0.717, 1.165) is 37.1 Å². The van der Waals surface area contributed by atoms with E-state index in [1.54, 1.807) is 29.2 Å². The van der Waals surface area contributed by atoms with Crippen LogP contribution in [0.25, 0.3) is 0 Å². The van der Waals surface area contributed by atoms with Crippen molar-refractivity contribution >= 4 is 17.5 Å². The van der Waals surface area contributed by atoms with Gasteiger partial charge in [-0.3, -0.25) is 9.59 Å². The summed E-state index contributed by atoms with van der Waals surface area (Å²) in [5.74, 6) is -0.152. The van der Waals surface area contributed by atoms with Gasteiger partial charge in [0.25, 0.3) is 5.91 Å². The van der Waals surface area contributed by atoms with Gasteiger partial charge < -0.3 is 9.80 Å². The van der Waals surface area contributed by atoms with Crippen molar-refractivity contribution in [3.63, 3.8) is 0 Å². The first-order valence-electron chi connectivity index (χ1n) is 9.08. The van der Waals surface area contributed by atoms with Crippen LogP contribution in [0.3, 0.4) is 0 Å². The normalized spacial score (nSPS) is 16.8. The minimum atomic E-state index is -0.273. The molecule has 1 saturated carbocycles. The molecule has 2 aliphatic rings. The highest BCUT2D eigenvalue weighted by atomic mass is 19.1. The summed E-state index contributed by atoms with van der Waals surface area (Å²) < 4.78 is 13.1. The van der Waals surface area contributed by atoms with Crippen LogP contribution < -0.4 is 4.90 Å². The minimum Gasteiger partial charge on any atom is -0.331 e. The summed E-state index contributed by atoms with van der Waals surface area (Å²) in [7, 11) is 0. The highest BCUT2D eigenvalue weighted by molar-refractivity contribution is 5.97. The van der Waals surface area contributed by atoms with Crippen molar-refractivity contribution in [2.75, 3.05) is 11.4 Å². The molecule has 4 rings (SSSR count). The Kier molecular flexibility index (Phi) is 4.45. The molecule has 2 amide bonds. The van der Waals surface area contributed by atoms with Gasteiger partial charge in [-0.05, 0) is 61.2 Å². The first kappa shape index (κ1) is 16.8. The zero-order chi connectivity index (χ0) is 18.1. The molecule has 0 atom stereocenters. The third-order valence-electron chi connectivity index (χ3n) is 5.01. The number of rotatable bonds is 5. The largest absolute Gasteiger partial charge is 0.331 e. The molecule has 1 aliphatic carbocycles. The molecular formula is C21H21FN2O2. The van der Waals surface area contributed by atoms with E-state index >= 15 is 0 Å². The van der Waals surface area contributed by atoms with Crippen molar-refractivity contribution in [2.45, 2.75) is 38.3 Å². The number of nitrogens with zero attached hydrogens (tertiary/aromatic N) is 2. The second-order valence-corrected chi connectivity index (χ2v) is 6.99. The Bertz CT molecular complexity index is 813. The molecule has 26 heavy (non-hydrogen) atoms. The van der Waals surface area contributed by atoms with Crippen LogP contribution in [0.15, 0.2) is 48.5 Å². The first-order valence-corrected chi connectivity index (χ1v) is 9.08. The second kappa shape index (κ2) is 6.90. The molecule has 0 unspecified atom stereocenters. The smallest absolute Gasteiger partial charge is 0.254 e. The van der Waals surface area contributed by atoms with Crippen molar-refractivity contribution in [1.82, 2.24) is 4.90 Å². The lowest BCUT2D eigenvalue weighted by molar-refractivity contribution is -0.117. The lowest BCUT2D eigenvalue weighted by Crippen LogP contribution is -2.32. The standard InChI is InChI=1S/C21H21FN2O2/c22-17-7-3-15(4-8-17)14-24(19-11-12-19)21(26)16-5-9-18(10-6-16)23-13-1-2-20(23)25/h3-10,19H,1-2,11-14H2. The van der Waals surface area contributed by atoms with Crippen LogP contribution in [-0.2, 0) is 11.3 Å². The summed E-state index contributed by atoms with van der Waals surface area (Å²) in [4.78, 5) is 28.5. The van der Waals surface area contributed by atoms with E-state index in [-0.39, 0.29) is 23.7 Å². The summed E-state index contributed by atoms with van der Waals surface area (Å²) in [6, 6.07) is 13.8. The maximum Gasteiger partial charge on any atom is 0.254 e. The summed E-state index contributed by atoms with van der Waals surface area (Å²) in [6.07, 6.45) is 3.49. The third-order valence-corrected chi connectivity index (χ3v) is 5.01. The van der Waals surface area contributed by atoms with Crippen LogP contribution in [0.1, 0.15) is 41.6 Å². The van der Waals surface area contributed by atoms with E-state index < -0.39 is 0 Å². The van der Waals surface area contributed by atoms with Gasteiger partial charge in [0.05, 0.1) is 0 Å². The van der Waals surface area contributed by atoms with Crippen LogP contribution in [0.5, 0.6) is 0 Å². The number of carbonyl (C=O) groups is 2. The zero-order valence-electron chi connectivity index (χ0n) is 14.5. The molecule has 0 bridgehead atoms. The Balaban J connectivity index is 1.50. The third kappa shape index (κ3) is 3.47. The number of anilines is 1. The van der Waals surface area contributed by atoms with Crippen molar-refractivity contribution in [1.29, 1.82) is 0 Å². The van der Waals surface area contributed by atoms with Crippen molar-refractivity contribution in [3.05, 3.63) is 65.5 Å². The van der Waals surface area contributed by atoms with E-state index in [0.29, 0.717) is 18.5 Å². The lowest BCUT2D eigenvalue weighted by atomic mass is 10.1. The van der Waals surface area contributed by atoms with E-state index in [9.17, 15) is 14.0 Å². The van der Waals surface area contributed by atoms with E-state index in [4.69, 9.17) is 0 Å². The molecule has 0 aromatic heterocycles. The predicted molar refractivity (Wildman–Crippen MR) is 97.3 cm³/mol. The fraction of sp³-hybridized carbons (Fsp3) is 0.333. The minimum absolute atomic E-state index is 0.0175. The van der Waals surface area contributed by atoms with Crippen molar-refractivity contribution in [3.8, 4) is 0 Å². The SMILES string of the molecule is O=C1CCCN1c1ccc(C(=O)N(Cc2ccc(F)cc2)C2CC2)cc1. The fourth-order valence-electron chi connectivity index (χ4n) is 3.41. The van der Waals surface area contributed by atoms with Crippen molar-refractivity contribution in [2.24, 2.45) is 0 Å². The Morgan fingerprint density at radius 2 is 1.77 bits per heavy atom. The number of hydrogen-bond acceptors (Lipinski definition) is 2. The Hall–Kier alpha value is -2.69. The van der Waals surface area contributed by atoms with Crippen LogP contribution in [-0.4, -0.2) is 29.3 Å². The summed E-state index contributed by atoms with van der Waals surface area (Å²) in [5, 5.41) is 0. The van der Waals surface area contributed by atoms with Crippen LogP contribution in [0.2, 0.25) is 0 Å².